The van der Waals surface area contributed by atoms with Crippen molar-refractivity contribution in [3.05, 3.63) is 65.4 Å². The number of methoxy groups -OCH3 is 1. The van der Waals surface area contributed by atoms with Crippen LogP contribution in [0.25, 0.3) is 5.69 Å². The van der Waals surface area contributed by atoms with Crippen LogP contribution in [0.15, 0.2) is 53.4 Å². The van der Waals surface area contributed by atoms with E-state index in [1.54, 1.807) is 43.0 Å². The van der Waals surface area contributed by atoms with Crippen molar-refractivity contribution >= 4 is 21.7 Å². The topological polar surface area (TPSA) is 116 Å². The predicted octanol–water partition coefficient (Wildman–Crippen LogP) is 2.40. The Hall–Kier alpha value is -3.17. The van der Waals surface area contributed by atoms with Crippen molar-refractivity contribution in [3.8, 4) is 11.4 Å². The lowest BCUT2D eigenvalue weighted by atomic mass is 10.1. The van der Waals surface area contributed by atoms with Gasteiger partial charge in [-0.1, -0.05) is 6.07 Å². The predicted molar refractivity (Wildman–Crippen MR) is 105 cm³/mol. The fourth-order valence-electron chi connectivity index (χ4n) is 2.72. The zero-order valence-electron chi connectivity index (χ0n) is 15.6. The summed E-state index contributed by atoms with van der Waals surface area (Å²) in [6, 6.07) is 13.1. The molecule has 0 unspecified atom stereocenters. The molecule has 0 radical (unpaired) electrons. The summed E-state index contributed by atoms with van der Waals surface area (Å²) < 4.78 is 29.9. The number of primary sulfonamides is 1. The van der Waals surface area contributed by atoms with Crippen LogP contribution in [0.1, 0.15) is 21.6 Å². The largest absolute Gasteiger partial charge is 0.497 e. The van der Waals surface area contributed by atoms with Crippen LogP contribution in [-0.4, -0.2) is 31.2 Å². The molecule has 0 bridgehead atoms. The minimum absolute atomic E-state index is 0.122. The Morgan fingerprint density at radius 1 is 1.11 bits per heavy atom. The number of hydrogen-bond donors (Lipinski definition) is 2. The van der Waals surface area contributed by atoms with Crippen LogP contribution in [0.4, 0.5) is 5.82 Å². The standard InChI is InChI=1S/C19H20N4O4S/c1-12-4-9-16(28(20,25)26)11-17(12)19(24)21-18-10-13(2)22-23(18)14-5-7-15(27-3)8-6-14/h4-11H,1-3H3,(H,21,24)(H2,20,25,26). The second kappa shape index (κ2) is 7.45. The highest BCUT2D eigenvalue weighted by Crippen LogP contribution is 2.22. The van der Waals surface area contributed by atoms with Gasteiger partial charge in [-0.05, 0) is 55.8 Å². The number of ether oxygens (including phenoxy) is 1. The number of rotatable bonds is 5. The molecule has 28 heavy (non-hydrogen) atoms. The first-order chi connectivity index (χ1) is 13.2. The van der Waals surface area contributed by atoms with E-state index in [4.69, 9.17) is 9.88 Å². The molecule has 146 valence electrons. The Bertz CT molecular complexity index is 1140. The number of amides is 1. The van der Waals surface area contributed by atoms with E-state index in [2.05, 4.69) is 10.4 Å². The number of anilines is 1. The Kier molecular flexibility index (Phi) is 5.21. The molecule has 8 nitrogen and oxygen atoms in total. The summed E-state index contributed by atoms with van der Waals surface area (Å²) in [5.74, 6) is 0.694. The van der Waals surface area contributed by atoms with E-state index in [0.717, 1.165) is 5.69 Å². The number of carbonyl (C=O) groups is 1. The maximum absolute atomic E-state index is 12.8. The summed E-state index contributed by atoms with van der Waals surface area (Å²) in [7, 11) is -2.33. The summed E-state index contributed by atoms with van der Waals surface area (Å²) in [5, 5.41) is 12.4. The molecule has 1 aromatic heterocycles. The lowest BCUT2D eigenvalue weighted by Gasteiger charge is -2.11. The molecule has 3 rings (SSSR count). The second-order valence-electron chi connectivity index (χ2n) is 6.26. The van der Waals surface area contributed by atoms with Gasteiger partial charge in [0.15, 0.2) is 0 Å². The molecule has 0 fully saturated rings. The van der Waals surface area contributed by atoms with Gasteiger partial charge in [-0.15, -0.1) is 0 Å². The molecule has 0 aliphatic rings. The van der Waals surface area contributed by atoms with Gasteiger partial charge in [0.25, 0.3) is 5.91 Å². The van der Waals surface area contributed by atoms with Gasteiger partial charge in [0.05, 0.1) is 23.4 Å². The van der Waals surface area contributed by atoms with Gasteiger partial charge in [0.2, 0.25) is 10.0 Å². The number of carbonyl (C=O) groups excluding carboxylic acids is 1. The van der Waals surface area contributed by atoms with Crippen molar-refractivity contribution in [3.63, 3.8) is 0 Å². The average Bonchev–Trinajstić information content (AvgIpc) is 3.01. The molecule has 0 spiro atoms. The highest BCUT2D eigenvalue weighted by molar-refractivity contribution is 7.89. The zero-order valence-corrected chi connectivity index (χ0v) is 16.4. The lowest BCUT2D eigenvalue weighted by Crippen LogP contribution is -2.18. The maximum Gasteiger partial charge on any atom is 0.257 e. The van der Waals surface area contributed by atoms with Crippen LogP contribution in [-0.2, 0) is 10.0 Å². The molecule has 0 aliphatic heterocycles. The number of nitrogens with zero attached hydrogens (tertiary/aromatic N) is 2. The molecule has 9 heteroatoms. The molecule has 0 atom stereocenters. The summed E-state index contributed by atoms with van der Waals surface area (Å²) in [4.78, 5) is 12.7. The summed E-state index contributed by atoms with van der Waals surface area (Å²) in [5.41, 5.74) is 2.28. The fourth-order valence-corrected chi connectivity index (χ4v) is 3.25. The first-order valence-corrected chi connectivity index (χ1v) is 9.89. The van der Waals surface area contributed by atoms with E-state index >= 15 is 0 Å². The molecule has 1 amide bonds. The van der Waals surface area contributed by atoms with Crippen molar-refractivity contribution in [2.45, 2.75) is 18.7 Å². The molecule has 0 aliphatic carbocycles. The first-order valence-electron chi connectivity index (χ1n) is 8.35. The monoisotopic (exact) mass is 400 g/mol. The highest BCUT2D eigenvalue weighted by Gasteiger charge is 2.17. The number of aromatic nitrogens is 2. The second-order valence-corrected chi connectivity index (χ2v) is 7.82. The fraction of sp³-hybridized carbons (Fsp3) is 0.158. The van der Waals surface area contributed by atoms with Crippen LogP contribution < -0.4 is 15.2 Å². The Labute approximate surface area is 163 Å². The maximum atomic E-state index is 12.8. The lowest BCUT2D eigenvalue weighted by molar-refractivity contribution is 0.102. The van der Waals surface area contributed by atoms with Crippen molar-refractivity contribution in [1.29, 1.82) is 0 Å². The summed E-state index contributed by atoms with van der Waals surface area (Å²) in [6.07, 6.45) is 0. The number of nitrogens with two attached hydrogens (primary N) is 1. The zero-order chi connectivity index (χ0) is 20.5. The van der Waals surface area contributed by atoms with Gasteiger partial charge in [-0.3, -0.25) is 4.79 Å². The Balaban J connectivity index is 1.95. The summed E-state index contributed by atoms with van der Waals surface area (Å²) >= 11 is 0. The molecular formula is C19H20N4O4S. The van der Waals surface area contributed by atoms with Crippen molar-refractivity contribution in [2.24, 2.45) is 5.14 Å². The van der Waals surface area contributed by atoms with E-state index in [0.29, 0.717) is 22.8 Å². The van der Waals surface area contributed by atoms with Gasteiger partial charge >= 0.3 is 0 Å². The minimum atomic E-state index is -3.91. The number of benzene rings is 2. The average molecular weight is 400 g/mol. The van der Waals surface area contributed by atoms with Crippen molar-refractivity contribution in [1.82, 2.24) is 9.78 Å². The van der Waals surface area contributed by atoms with E-state index in [-0.39, 0.29) is 10.5 Å². The molecule has 3 N–H and O–H groups in total. The van der Waals surface area contributed by atoms with Gasteiger partial charge in [0.1, 0.15) is 11.6 Å². The normalized spacial score (nSPS) is 11.3. The number of aryl methyl sites for hydroxylation is 2. The number of sulfonamides is 1. The van der Waals surface area contributed by atoms with E-state index in [9.17, 15) is 13.2 Å². The van der Waals surface area contributed by atoms with E-state index in [1.165, 1.54) is 12.1 Å². The van der Waals surface area contributed by atoms with E-state index < -0.39 is 15.9 Å². The molecule has 1 heterocycles. The van der Waals surface area contributed by atoms with E-state index in [1.807, 2.05) is 19.1 Å². The Morgan fingerprint density at radius 2 is 1.79 bits per heavy atom. The third kappa shape index (κ3) is 4.05. The quantitative estimate of drug-likeness (QED) is 0.682. The minimum Gasteiger partial charge on any atom is -0.497 e. The first kappa shape index (κ1) is 19.6. The third-order valence-electron chi connectivity index (χ3n) is 4.17. The van der Waals surface area contributed by atoms with Crippen LogP contribution in [0.2, 0.25) is 0 Å². The van der Waals surface area contributed by atoms with Crippen LogP contribution in [0, 0.1) is 13.8 Å². The molecular weight excluding hydrogens is 380 g/mol. The van der Waals surface area contributed by atoms with Crippen LogP contribution >= 0.6 is 0 Å². The number of hydrogen-bond acceptors (Lipinski definition) is 5. The van der Waals surface area contributed by atoms with Gasteiger partial charge in [0, 0.05) is 11.6 Å². The molecule has 0 saturated carbocycles. The van der Waals surface area contributed by atoms with Gasteiger partial charge in [-0.2, -0.15) is 5.10 Å². The van der Waals surface area contributed by atoms with Gasteiger partial charge < -0.3 is 10.1 Å². The van der Waals surface area contributed by atoms with Gasteiger partial charge in [-0.25, -0.2) is 18.2 Å². The molecule has 0 saturated heterocycles. The molecule has 3 aromatic rings. The van der Waals surface area contributed by atoms with Crippen LogP contribution in [0.3, 0.4) is 0 Å². The number of nitrogens with one attached hydrogen (secondary N) is 1. The molecule has 2 aromatic carbocycles. The van der Waals surface area contributed by atoms with Crippen LogP contribution in [0.5, 0.6) is 5.75 Å². The Morgan fingerprint density at radius 3 is 2.39 bits per heavy atom. The highest BCUT2D eigenvalue weighted by atomic mass is 32.2. The SMILES string of the molecule is COc1ccc(-n2nc(C)cc2NC(=O)c2cc(S(N)(=O)=O)ccc2C)cc1. The summed E-state index contributed by atoms with van der Waals surface area (Å²) in [6.45, 7) is 3.52. The van der Waals surface area contributed by atoms with Crippen molar-refractivity contribution in [2.75, 3.05) is 12.4 Å². The third-order valence-corrected chi connectivity index (χ3v) is 5.08. The van der Waals surface area contributed by atoms with Crippen molar-refractivity contribution < 1.29 is 17.9 Å². The smallest absolute Gasteiger partial charge is 0.257 e.